The summed E-state index contributed by atoms with van der Waals surface area (Å²) < 4.78 is 12.8. The van der Waals surface area contributed by atoms with Crippen molar-refractivity contribution in [2.45, 2.75) is 30.9 Å². The lowest BCUT2D eigenvalue weighted by Gasteiger charge is -2.07. The van der Waals surface area contributed by atoms with Crippen LogP contribution in [0.1, 0.15) is 19.4 Å². The summed E-state index contributed by atoms with van der Waals surface area (Å²) in [7, 11) is 0. The Bertz CT molecular complexity index is 269. The van der Waals surface area contributed by atoms with Gasteiger partial charge in [-0.05, 0) is 24.6 Å². The first-order valence-electron chi connectivity index (χ1n) is 4.02. The van der Waals surface area contributed by atoms with Gasteiger partial charge >= 0.3 is 0 Å². The average Bonchev–Trinajstić information content (AvgIpc) is 1.96. The molecule has 1 aromatic rings. The third-order valence-electron chi connectivity index (χ3n) is 1.51. The van der Waals surface area contributed by atoms with Gasteiger partial charge in [0.05, 0.1) is 0 Å². The standard InChI is InChI=1S/C10H13FS/c1-7(2)12-10-6-9(11)5-4-8(10)3/h4-7H,1-3H3. The highest BCUT2D eigenvalue weighted by atomic mass is 32.2. The summed E-state index contributed by atoms with van der Waals surface area (Å²) in [5.41, 5.74) is 1.15. The van der Waals surface area contributed by atoms with E-state index in [2.05, 4.69) is 13.8 Å². The molecule has 0 spiro atoms. The fourth-order valence-corrected chi connectivity index (χ4v) is 1.90. The molecule has 0 aliphatic rings. The van der Waals surface area contributed by atoms with Crippen molar-refractivity contribution >= 4 is 11.8 Å². The molecule has 0 heterocycles. The highest BCUT2D eigenvalue weighted by Gasteiger charge is 2.02. The number of rotatable bonds is 2. The van der Waals surface area contributed by atoms with Crippen LogP contribution in [0.4, 0.5) is 4.39 Å². The second-order valence-electron chi connectivity index (χ2n) is 3.08. The molecule has 0 nitrogen and oxygen atoms in total. The molecule has 0 saturated heterocycles. The summed E-state index contributed by atoms with van der Waals surface area (Å²) in [6.45, 7) is 6.22. The van der Waals surface area contributed by atoms with Crippen molar-refractivity contribution in [3.05, 3.63) is 29.6 Å². The van der Waals surface area contributed by atoms with Crippen LogP contribution in [0, 0.1) is 12.7 Å². The zero-order chi connectivity index (χ0) is 9.14. The molecule has 0 amide bonds. The van der Waals surface area contributed by atoms with E-state index in [0.717, 1.165) is 10.5 Å². The van der Waals surface area contributed by atoms with Gasteiger partial charge in [0.25, 0.3) is 0 Å². The third kappa shape index (κ3) is 2.52. The van der Waals surface area contributed by atoms with Gasteiger partial charge < -0.3 is 0 Å². The Morgan fingerprint density at radius 3 is 2.58 bits per heavy atom. The molecule has 0 aliphatic heterocycles. The molecule has 0 saturated carbocycles. The molecule has 0 N–H and O–H groups in total. The number of halogens is 1. The lowest BCUT2D eigenvalue weighted by molar-refractivity contribution is 0.623. The number of hydrogen-bond donors (Lipinski definition) is 0. The van der Waals surface area contributed by atoms with Gasteiger partial charge in [-0.2, -0.15) is 0 Å². The SMILES string of the molecule is Cc1ccc(F)cc1SC(C)C. The molecular formula is C10H13FS. The number of hydrogen-bond acceptors (Lipinski definition) is 1. The smallest absolute Gasteiger partial charge is 0.124 e. The summed E-state index contributed by atoms with van der Waals surface area (Å²) in [4.78, 5) is 1.05. The van der Waals surface area contributed by atoms with Crippen LogP contribution in [0.5, 0.6) is 0 Å². The maximum absolute atomic E-state index is 12.8. The second-order valence-corrected chi connectivity index (χ2v) is 4.69. The van der Waals surface area contributed by atoms with Gasteiger partial charge in [-0.15, -0.1) is 11.8 Å². The summed E-state index contributed by atoms with van der Waals surface area (Å²) >= 11 is 1.70. The number of benzene rings is 1. The molecule has 0 bridgehead atoms. The predicted molar refractivity (Wildman–Crippen MR) is 52.1 cm³/mol. The van der Waals surface area contributed by atoms with E-state index in [1.54, 1.807) is 17.8 Å². The van der Waals surface area contributed by atoms with Crippen molar-refractivity contribution in [2.24, 2.45) is 0 Å². The molecular weight excluding hydrogens is 171 g/mol. The van der Waals surface area contributed by atoms with Gasteiger partial charge in [0.15, 0.2) is 0 Å². The quantitative estimate of drug-likeness (QED) is 0.632. The third-order valence-corrected chi connectivity index (χ3v) is 2.68. The van der Waals surface area contributed by atoms with Crippen LogP contribution < -0.4 is 0 Å². The summed E-state index contributed by atoms with van der Waals surface area (Å²) in [5, 5.41) is 0.505. The van der Waals surface area contributed by atoms with Crippen LogP contribution in [0.2, 0.25) is 0 Å². The van der Waals surface area contributed by atoms with Crippen molar-refractivity contribution in [2.75, 3.05) is 0 Å². The molecule has 1 rings (SSSR count). The summed E-state index contributed by atoms with van der Waals surface area (Å²) in [5.74, 6) is -0.149. The van der Waals surface area contributed by atoms with Crippen molar-refractivity contribution in [1.82, 2.24) is 0 Å². The molecule has 0 atom stereocenters. The number of thioether (sulfide) groups is 1. The van der Waals surface area contributed by atoms with Crippen LogP contribution in [0.25, 0.3) is 0 Å². The molecule has 2 heteroatoms. The largest absolute Gasteiger partial charge is 0.207 e. The predicted octanol–water partition coefficient (Wildman–Crippen LogP) is 3.63. The fraction of sp³-hybridized carbons (Fsp3) is 0.400. The van der Waals surface area contributed by atoms with E-state index in [0.29, 0.717) is 5.25 Å². The van der Waals surface area contributed by atoms with Crippen LogP contribution in [-0.2, 0) is 0 Å². The zero-order valence-electron chi connectivity index (χ0n) is 7.60. The van der Waals surface area contributed by atoms with E-state index < -0.39 is 0 Å². The second kappa shape index (κ2) is 3.94. The molecule has 0 fully saturated rings. The molecule has 0 aliphatic carbocycles. The average molecular weight is 184 g/mol. The minimum absolute atomic E-state index is 0.149. The van der Waals surface area contributed by atoms with Gasteiger partial charge in [0, 0.05) is 10.1 Å². The Balaban J connectivity index is 2.90. The van der Waals surface area contributed by atoms with Crippen molar-refractivity contribution in [3.8, 4) is 0 Å². The Kier molecular flexibility index (Phi) is 3.15. The van der Waals surface area contributed by atoms with Crippen molar-refractivity contribution in [1.29, 1.82) is 0 Å². The van der Waals surface area contributed by atoms with Gasteiger partial charge in [0.1, 0.15) is 5.82 Å². The van der Waals surface area contributed by atoms with Crippen LogP contribution in [0.15, 0.2) is 23.1 Å². The Hall–Kier alpha value is -0.500. The maximum atomic E-state index is 12.8. The Morgan fingerprint density at radius 2 is 2.00 bits per heavy atom. The van der Waals surface area contributed by atoms with E-state index >= 15 is 0 Å². The van der Waals surface area contributed by atoms with Crippen LogP contribution >= 0.6 is 11.8 Å². The minimum Gasteiger partial charge on any atom is -0.207 e. The van der Waals surface area contributed by atoms with E-state index in [4.69, 9.17) is 0 Å². The van der Waals surface area contributed by atoms with Gasteiger partial charge in [-0.3, -0.25) is 0 Å². The number of aryl methyl sites for hydroxylation is 1. The molecule has 1 aromatic carbocycles. The van der Waals surface area contributed by atoms with E-state index in [-0.39, 0.29) is 5.82 Å². The first-order chi connectivity index (χ1) is 5.59. The topological polar surface area (TPSA) is 0 Å². The highest BCUT2D eigenvalue weighted by Crippen LogP contribution is 2.26. The fourth-order valence-electron chi connectivity index (χ4n) is 0.955. The van der Waals surface area contributed by atoms with Gasteiger partial charge in [-0.25, -0.2) is 4.39 Å². The normalized spacial score (nSPS) is 10.8. The molecule has 12 heavy (non-hydrogen) atoms. The van der Waals surface area contributed by atoms with Crippen LogP contribution in [0.3, 0.4) is 0 Å². The Labute approximate surface area is 77.2 Å². The van der Waals surface area contributed by atoms with E-state index in [9.17, 15) is 4.39 Å². The monoisotopic (exact) mass is 184 g/mol. The summed E-state index contributed by atoms with van der Waals surface area (Å²) in [6.07, 6.45) is 0. The molecule has 66 valence electrons. The van der Waals surface area contributed by atoms with E-state index in [1.165, 1.54) is 6.07 Å². The first-order valence-corrected chi connectivity index (χ1v) is 4.90. The lowest BCUT2D eigenvalue weighted by atomic mass is 10.2. The molecule has 0 aromatic heterocycles. The van der Waals surface area contributed by atoms with Gasteiger partial charge in [-0.1, -0.05) is 19.9 Å². The maximum Gasteiger partial charge on any atom is 0.124 e. The molecule has 0 unspecified atom stereocenters. The first kappa shape index (κ1) is 9.59. The van der Waals surface area contributed by atoms with Crippen molar-refractivity contribution in [3.63, 3.8) is 0 Å². The van der Waals surface area contributed by atoms with Crippen molar-refractivity contribution < 1.29 is 4.39 Å². The van der Waals surface area contributed by atoms with Gasteiger partial charge in [0.2, 0.25) is 0 Å². The Morgan fingerprint density at radius 1 is 1.33 bits per heavy atom. The summed E-state index contributed by atoms with van der Waals surface area (Å²) in [6, 6.07) is 4.92. The van der Waals surface area contributed by atoms with E-state index in [1.807, 2.05) is 13.0 Å². The lowest BCUT2D eigenvalue weighted by Crippen LogP contribution is -1.89. The van der Waals surface area contributed by atoms with Crippen LogP contribution in [-0.4, -0.2) is 5.25 Å². The minimum atomic E-state index is -0.149. The molecule has 0 radical (unpaired) electrons. The zero-order valence-corrected chi connectivity index (χ0v) is 8.41. The highest BCUT2D eigenvalue weighted by molar-refractivity contribution is 8.00.